The Morgan fingerprint density at radius 2 is 1.43 bits per heavy atom. The van der Waals surface area contributed by atoms with Gasteiger partial charge in [0, 0.05) is 52.0 Å². The van der Waals surface area contributed by atoms with Crippen LogP contribution in [0.4, 0.5) is 5.69 Å². The summed E-state index contributed by atoms with van der Waals surface area (Å²) < 4.78 is 0. The molecule has 1 aromatic heterocycles. The molecule has 0 radical (unpaired) electrons. The number of fused-ring (bicyclic) bond motifs is 1. The van der Waals surface area contributed by atoms with E-state index in [9.17, 15) is 54.0 Å². The van der Waals surface area contributed by atoms with Crippen LogP contribution in [0.3, 0.4) is 0 Å². The third-order valence-corrected chi connectivity index (χ3v) is 14.6. The minimum Gasteiger partial charge on any atom is -0.508 e. The van der Waals surface area contributed by atoms with Crippen LogP contribution in [-0.4, -0.2) is 152 Å². The van der Waals surface area contributed by atoms with Crippen molar-refractivity contribution in [1.29, 1.82) is 0 Å². The van der Waals surface area contributed by atoms with E-state index >= 15 is 0 Å². The zero-order valence-electron chi connectivity index (χ0n) is 41.3. The summed E-state index contributed by atoms with van der Waals surface area (Å²) in [6.07, 6.45) is -0.699. The van der Waals surface area contributed by atoms with Crippen molar-refractivity contribution in [3.05, 3.63) is 106 Å². The lowest BCUT2D eigenvalue weighted by Crippen LogP contribution is -2.62. The van der Waals surface area contributed by atoms with E-state index in [1.807, 2.05) is 18.2 Å². The van der Waals surface area contributed by atoms with E-state index in [-0.39, 0.29) is 49.5 Å². The number of carbonyl (C=O) groups excluding carboxylic acids is 7. The second-order valence-electron chi connectivity index (χ2n) is 18.0. The van der Waals surface area contributed by atoms with E-state index in [0.29, 0.717) is 35.2 Å². The standard InChI is InChI=1S/C49H65N13O11S2/c1-26(64)39(23-63)57-48(72)41-25-75-74-24-40(58-43(67)34(51)19-28-10-14-31(15-11-28)61-62-52)47(71)55-37(20-29-12-16-32(66)17-13-29)45(69)56-38(21-30-22-53-35-8-4-3-7-33(30)35)46(70)54-36(9-5-6-18-50)44(68)60-42(27(2)65)49(73)59-41/h3-4,7-8,10-17,22,26-27,34,36-42,53,63-66H,5-6,9,18-21,23-25,50-51H2,1-2H3,(H,54,70)(H,55,71)(H,56,69)(H,57,72)(H,58,67)(H,59,73)(H,60,68). The molecule has 0 bridgehead atoms. The first-order valence-corrected chi connectivity index (χ1v) is 26.7. The molecule has 24 nitrogen and oxygen atoms in total. The Kier molecular flexibility index (Phi) is 23.0. The zero-order valence-corrected chi connectivity index (χ0v) is 42.9. The van der Waals surface area contributed by atoms with Gasteiger partial charge in [-0.1, -0.05) is 81.3 Å². The van der Waals surface area contributed by atoms with Gasteiger partial charge in [-0.3, -0.25) is 33.6 Å². The number of para-hydroxylation sites is 1. The smallest absolute Gasteiger partial charge is 0.245 e. The number of aromatic nitrogens is 1. The number of H-pyrrole nitrogens is 1. The van der Waals surface area contributed by atoms with Gasteiger partial charge in [0.2, 0.25) is 41.4 Å². The van der Waals surface area contributed by atoms with Gasteiger partial charge >= 0.3 is 0 Å². The lowest BCUT2D eigenvalue weighted by molar-refractivity contribution is -0.136. The second-order valence-corrected chi connectivity index (χ2v) is 20.6. The number of rotatable bonds is 18. The molecule has 1 fully saturated rings. The minimum absolute atomic E-state index is 0.00252. The Bertz CT molecular complexity index is 2630. The Labute approximate surface area is 440 Å². The fourth-order valence-corrected chi connectivity index (χ4v) is 10.2. The fraction of sp³-hybridized carbons (Fsp3) is 0.449. The molecule has 3 aromatic carbocycles. The molecular formula is C49H65N13O11S2. The Morgan fingerprint density at radius 1 is 0.800 bits per heavy atom. The van der Waals surface area contributed by atoms with E-state index < -0.39 is 108 Å². The number of aliphatic hydroxyl groups excluding tert-OH is 3. The number of unbranched alkanes of at least 4 members (excludes halogenated alkanes) is 1. The summed E-state index contributed by atoms with van der Waals surface area (Å²) in [6, 6.07) is 8.17. The minimum atomic E-state index is -1.70. The van der Waals surface area contributed by atoms with Crippen LogP contribution < -0.4 is 48.7 Å². The maximum atomic E-state index is 14.8. The Morgan fingerprint density at radius 3 is 2.08 bits per heavy atom. The highest BCUT2D eigenvalue weighted by atomic mass is 33.1. The molecule has 1 aliphatic rings. The van der Waals surface area contributed by atoms with Gasteiger partial charge in [-0.15, -0.1) is 0 Å². The van der Waals surface area contributed by atoms with E-state index in [0.717, 1.165) is 32.5 Å². The number of nitrogens with zero attached hydrogens (tertiary/aromatic N) is 3. The maximum Gasteiger partial charge on any atom is 0.245 e. The van der Waals surface area contributed by atoms with Crippen molar-refractivity contribution in [1.82, 2.24) is 42.2 Å². The summed E-state index contributed by atoms with van der Waals surface area (Å²) in [5, 5.41) is 63.9. The quantitative estimate of drug-likeness (QED) is 0.0202. The molecule has 2 heterocycles. The molecule has 75 heavy (non-hydrogen) atoms. The molecule has 5 rings (SSSR count). The first-order chi connectivity index (χ1) is 35.9. The maximum absolute atomic E-state index is 14.8. The van der Waals surface area contributed by atoms with E-state index in [2.05, 4.69) is 52.2 Å². The molecule has 1 saturated heterocycles. The van der Waals surface area contributed by atoms with Crippen LogP contribution in [0.15, 0.2) is 84.1 Å². The van der Waals surface area contributed by atoms with Crippen molar-refractivity contribution < 1.29 is 54.0 Å². The average molecular weight is 1080 g/mol. The summed E-state index contributed by atoms with van der Waals surface area (Å²) in [7, 11) is 1.95. The Hall–Kier alpha value is -6.90. The van der Waals surface area contributed by atoms with Gasteiger partial charge in [0.1, 0.15) is 42.0 Å². The lowest BCUT2D eigenvalue weighted by Gasteiger charge is -2.29. The van der Waals surface area contributed by atoms with Gasteiger partial charge in [0.05, 0.1) is 30.9 Å². The Balaban J connectivity index is 1.57. The zero-order chi connectivity index (χ0) is 54.6. The van der Waals surface area contributed by atoms with E-state index in [1.165, 1.54) is 50.2 Å². The van der Waals surface area contributed by atoms with Crippen molar-refractivity contribution in [2.24, 2.45) is 16.6 Å². The van der Waals surface area contributed by atoms with Gasteiger partial charge in [0.25, 0.3) is 0 Å². The molecule has 0 saturated carbocycles. The molecule has 1 aliphatic heterocycles. The summed E-state index contributed by atoms with van der Waals surface area (Å²) in [5.74, 6) is -6.65. The number of aliphatic hydroxyl groups is 3. The van der Waals surface area contributed by atoms with E-state index in [4.69, 9.17) is 17.0 Å². The van der Waals surface area contributed by atoms with Gasteiger partial charge in [-0.2, -0.15) is 0 Å². The van der Waals surface area contributed by atoms with Gasteiger partial charge in [-0.25, -0.2) is 0 Å². The summed E-state index contributed by atoms with van der Waals surface area (Å²) in [6.45, 7) is 2.13. The number of aromatic hydroxyl groups is 1. The number of hydrogen-bond donors (Lipinski definition) is 14. The number of amides is 7. The number of phenolic OH excluding ortho intramolecular Hbond substituents is 1. The molecule has 7 amide bonds. The number of hydrogen-bond acceptors (Lipinski definition) is 16. The van der Waals surface area contributed by atoms with Crippen LogP contribution in [0.25, 0.3) is 21.3 Å². The van der Waals surface area contributed by atoms with Crippen LogP contribution in [-0.2, 0) is 52.8 Å². The molecule has 0 spiro atoms. The van der Waals surface area contributed by atoms with Crippen LogP contribution in [0.2, 0.25) is 0 Å². The van der Waals surface area contributed by atoms with Crippen LogP contribution >= 0.6 is 21.6 Å². The van der Waals surface area contributed by atoms with Crippen molar-refractivity contribution >= 4 is 79.5 Å². The predicted octanol–water partition coefficient (Wildman–Crippen LogP) is -0.158. The SMILES string of the molecule is CC(O)C(CO)NC(=O)C1CSSCC(NC(=O)C(N)Cc2ccc(N=[N+]=[N-])cc2)C(=O)NC(Cc2ccc(O)cc2)C(=O)NC(Cc2c[nH]c3ccccc23)C(=O)NC(CCCCN)C(=O)NC(C(C)O)C(=O)N1. The monoisotopic (exact) mass is 1080 g/mol. The number of nitrogens with one attached hydrogen (secondary N) is 8. The summed E-state index contributed by atoms with van der Waals surface area (Å²) in [5.41, 5.74) is 23.7. The van der Waals surface area contributed by atoms with Crippen molar-refractivity contribution in [2.45, 2.75) is 113 Å². The highest BCUT2D eigenvalue weighted by Crippen LogP contribution is 2.25. The first kappa shape index (κ1) is 59.0. The highest BCUT2D eigenvalue weighted by molar-refractivity contribution is 8.76. The highest BCUT2D eigenvalue weighted by Gasteiger charge is 2.36. The number of azide groups is 1. The summed E-state index contributed by atoms with van der Waals surface area (Å²) >= 11 is 0. The van der Waals surface area contributed by atoms with Gasteiger partial charge in [-0.05, 0) is 86.5 Å². The molecule has 10 atom stereocenters. The molecule has 16 N–H and O–H groups in total. The molecule has 10 unspecified atom stereocenters. The molecule has 26 heteroatoms. The van der Waals surface area contributed by atoms with Crippen LogP contribution in [0, 0.1) is 0 Å². The number of aromatic amines is 1. The van der Waals surface area contributed by atoms with Gasteiger partial charge in [0.15, 0.2) is 0 Å². The first-order valence-electron chi connectivity index (χ1n) is 24.2. The topological polar surface area (TPSA) is 401 Å². The summed E-state index contributed by atoms with van der Waals surface area (Å²) in [4.78, 5) is 106. The third-order valence-electron chi connectivity index (χ3n) is 12.2. The fourth-order valence-electron chi connectivity index (χ4n) is 7.88. The molecule has 0 aliphatic carbocycles. The van der Waals surface area contributed by atoms with Crippen LogP contribution in [0.1, 0.15) is 49.8 Å². The van der Waals surface area contributed by atoms with Crippen molar-refractivity contribution in [3.8, 4) is 5.75 Å². The van der Waals surface area contributed by atoms with Crippen molar-refractivity contribution in [2.75, 3.05) is 24.7 Å². The number of phenols is 1. The number of benzene rings is 3. The molecular weight excluding hydrogens is 1010 g/mol. The van der Waals surface area contributed by atoms with Gasteiger partial charge < -0.3 is 74.1 Å². The number of carbonyl (C=O) groups is 7. The number of nitrogens with two attached hydrogens (primary N) is 2. The lowest BCUT2D eigenvalue weighted by atomic mass is 10.0. The predicted molar refractivity (Wildman–Crippen MR) is 283 cm³/mol. The average Bonchev–Trinajstić information content (AvgIpc) is 3.79. The molecule has 404 valence electrons. The third kappa shape index (κ3) is 17.9. The largest absolute Gasteiger partial charge is 0.508 e. The molecule has 4 aromatic rings. The van der Waals surface area contributed by atoms with E-state index in [1.54, 1.807) is 24.4 Å². The van der Waals surface area contributed by atoms with Crippen LogP contribution in [0.5, 0.6) is 5.75 Å². The normalized spacial score (nSPS) is 22.1. The second kappa shape index (κ2) is 29.3. The van der Waals surface area contributed by atoms with Crippen molar-refractivity contribution in [3.63, 3.8) is 0 Å².